The van der Waals surface area contributed by atoms with Gasteiger partial charge in [0.15, 0.2) is 0 Å². The second-order valence-electron chi connectivity index (χ2n) is 7.47. The van der Waals surface area contributed by atoms with Crippen LogP contribution >= 0.6 is 22.9 Å². The lowest BCUT2D eigenvalue weighted by Gasteiger charge is -2.34. The molecule has 4 nitrogen and oxygen atoms in total. The Hall–Kier alpha value is -1.40. The van der Waals surface area contributed by atoms with E-state index in [4.69, 9.17) is 11.6 Å². The van der Waals surface area contributed by atoms with Crippen LogP contribution in [0, 0.1) is 0 Å². The first-order chi connectivity index (χ1) is 13.2. The van der Waals surface area contributed by atoms with Gasteiger partial charge < -0.3 is 5.32 Å². The summed E-state index contributed by atoms with van der Waals surface area (Å²) < 4.78 is 0.851. The van der Waals surface area contributed by atoms with E-state index in [0.29, 0.717) is 6.54 Å². The fourth-order valence-corrected chi connectivity index (χ4v) is 5.24. The number of amides is 1. The van der Waals surface area contributed by atoms with Gasteiger partial charge in [-0.1, -0.05) is 35.9 Å². The lowest BCUT2D eigenvalue weighted by atomic mass is 9.88. The van der Waals surface area contributed by atoms with E-state index in [1.165, 1.54) is 16.0 Å². The topological polar surface area (TPSA) is 35.6 Å². The number of carbonyl (C=O) groups excluding carboxylic acids is 1. The van der Waals surface area contributed by atoms with Gasteiger partial charge in [0.1, 0.15) is 0 Å². The van der Waals surface area contributed by atoms with Crippen molar-refractivity contribution in [1.29, 1.82) is 0 Å². The largest absolute Gasteiger partial charge is 0.348 e. The summed E-state index contributed by atoms with van der Waals surface area (Å²) >= 11 is 7.67. The molecule has 1 aromatic carbocycles. The molecule has 2 aliphatic rings. The molecule has 2 heterocycles. The van der Waals surface area contributed by atoms with Crippen molar-refractivity contribution >= 4 is 28.8 Å². The molecule has 1 amide bonds. The second-order valence-corrected chi connectivity index (χ2v) is 9.27. The van der Waals surface area contributed by atoms with Gasteiger partial charge in [-0.3, -0.25) is 14.6 Å². The third kappa shape index (κ3) is 4.91. The zero-order valence-electron chi connectivity index (χ0n) is 15.5. The molecule has 144 valence electrons. The Bertz CT molecular complexity index is 785. The molecule has 0 unspecified atom stereocenters. The third-order valence-corrected chi connectivity index (χ3v) is 6.76. The highest BCUT2D eigenvalue weighted by Gasteiger charge is 2.24. The van der Waals surface area contributed by atoms with Crippen LogP contribution in [-0.2, 0) is 17.8 Å². The Labute approximate surface area is 170 Å². The molecule has 1 fully saturated rings. The lowest BCUT2D eigenvalue weighted by Crippen LogP contribution is -2.49. The van der Waals surface area contributed by atoms with Crippen LogP contribution in [0.5, 0.6) is 0 Å². The van der Waals surface area contributed by atoms with Crippen molar-refractivity contribution in [3.05, 3.63) is 56.7 Å². The summed E-state index contributed by atoms with van der Waals surface area (Å²) in [4.78, 5) is 18.6. The molecule has 4 rings (SSSR count). The summed E-state index contributed by atoms with van der Waals surface area (Å²) in [6, 6.07) is 12.8. The minimum absolute atomic E-state index is 0.148. The van der Waals surface area contributed by atoms with Crippen LogP contribution in [0.1, 0.15) is 34.9 Å². The van der Waals surface area contributed by atoms with E-state index in [9.17, 15) is 4.79 Å². The lowest BCUT2D eigenvalue weighted by molar-refractivity contribution is -0.123. The zero-order valence-corrected chi connectivity index (χ0v) is 17.1. The predicted molar refractivity (Wildman–Crippen MR) is 111 cm³/mol. The van der Waals surface area contributed by atoms with E-state index >= 15 is 0 Å². The number of thiophene rings is 1. The Balaban J connectivity index is 1.24. The van der Waals surface area contributed by atoms with Crippen molar-refractivity contribution in [2.45, 2.75) is 31.8 Å². The number of carbonyl (C=O) groups is 1. The number of benzene rings is 1. The smallest absolute Gasteiger partial charge is 0.234 e. The molecule has 1 aliphatic heterocycles. The van der Waals surface area contributed by atoms with Crippen molar-refractivity contribution in [2.75, 3.05) is 32.7 Å². The molecule has 1 aliphatic carbocycles. The number of fused-ring (bicyclic) bond motifs is 1. The van der Waals surface area contributed by atoms with Gasteiger partial charge in [0.05, 0.1) is 16.9 Å². The minimum atomic E-state index is 0.148. The van der Waals surface area contributed by atoms with Crippen molar-refractivity contribution in [3.8, 4) is 0 Å². The van der Waals surface area contributed by atoms with Crippen molar-refractivity contribution < 1.29 is 4.79 Å². The van der Waals surface area contributed by atoms with Crippen molar-refractivity contribution in [2.24, 2.45) is 0 Å². The predicted octanol–water partition coefficient (Wildman–Crippen LogP) is 3.71. The Morgan fingerprint density at radius 2 is 1.89 bits per heavy atom. The van der Waals surface area contributed by atoms with Crippen LogP contribution in [0.4, 0.5) is 0 Å². The van der Waals surface area contributed by atoms with Crippen LogP contribution in [-0.4, -0.2) is 48.4 Å². The summed E-state index contributed by atoms with van der Waals surface area (Å²) in [6.45, 7) is 5.32. The fourth-order valence-electron chi connectivity index (χ4n) is 4.11. The molecule has 0 bridgehead atoms. The number of halogens is 1. The van der Waals surface area contributed by atoms with E-state index in [1.54, 1.807) is 11.3 Å². The molecule has 1 aromatic heterocycles. The molecule has 27 heavy (non-hydrogen) atoms. The Morgan fingerprint density at radius 3 is 2.67 bits per heavy atom. The van der Waals surface area contributed by atoms with E-state index in [-0.39, 0.29) is 11.9 Å². The van der Waals surface area contributed by atoms with Gasteiger partial charge in [-0.05, 0) is 42.5 Å². The van der Waals surface area contributed by atoms with Gasteiger partial charge >= 0.3 is 0 Å². The SMILES string of the molecule is O=C(CN1CCN(Cc2ccc(Cl)s2)CC1)N[C@@H]1CCCc2ccccc21. The highest BCUT2D eigenvalue weighted by atomic mass is 35.5. The van der Waals surface area contributed by atoms with Gasteiger partial charge in [-0.15, -0.1) is 11.3 Å². The monoisotopic (exact) mass is 403 g/mol. The van der Waals surface area contributed by atoms with E-state index in [2.05, 4.69) is 45.4 Å². The normalized spacial score (nSPS) is 21.0. The van der Waals surface area contributed by atoms with Crippen LogP contribution in [0.2, 0.25) is 4.34 Å². The third-order valence-electron chi connectivity index (χ3n) is 5.55. The van der Waals surface area contributed by atoms with Gasteiger partial charge in [0.25, 0.3) is 0 Å². The summed E-state index contributed by atoms with van der Waals surface area (Å²) in [5.74, 6) is 0.148. The first-order valence-electron chi connectivity index (χ1n) is 9.73. The van der Waals surface area contributed by atoms with Crippen LogP contribution in [0.15, 0.2) is 36.4 Å². The van der Waals surface area contributed by atoms with Crippen molar-refractivity contribution in [1.82, 2.24) is 15.1 Å². The molecule has 0 spiro atoms. The van der Waals surface area contributed by atoms with Gasteiger partial charge in [-0.25, -0.2) is 0 Å². The maximum Gasteiger partial charge on any atom is 0.234 e. The number of piperazine rings is 1. The highest BCUT2D eigenvalue weighted by molar-refractivity contribution is 7.16. The molecule has 0 radical (unpaired) electrons. The van der Waals surface area contributed by atoms with Gasteiger partial charge in [-0.2, -0.15) is 0 Å². The van der Waals surface area contributed by atoms with Gasteiger partial charge in [0.2, 0.25) is 5.91 Å². The summed E-state index contributed by atoms with van der Waals surface area (Å²) in [6.07, 6.45) is 3.31. The number of hydrogen-bond donors (Lipinski definition) is 1. The van der Waals surface area contributed by atoms with E-state index in [1.807, 2.05) is 6.07 Å². The molecule has 0 saturated carbocycles. The first kappa shape index (κ1) is 18.9. The maximum absolute atomic E-state index is 12.6. The summed E-state index contributed by atoms with van der Waals surface area (Å²) in [5, 5.41) is 3.27. The highest BCUT2D eigenvalue weighted by Crippen LogP contribution is 2.29. The zero-order chi connectivity index (χ0) is 18.6. The first-order valence-corrected chi connectivity index (χ1v) is 10.9. The average molecular weight is 404 g/mol. The van der Waals surface area contributed by atoms with E-state index < -0.39 is 0 Å². The molecule has 6 heteroatoms. The number of nitrogens with zero attached hydrogens (tertiary/aromatic N) is 2. The molecule has 1 atom stereocenters. The van der Waals surface area contributed by atoms with Crippen LogP contribution in [0.3, 0.4) is 0 Å². The minimum Gasteiger partial charge on any atom is -0.348 e. The Morgan fingerprint density at radius 1 is 1.11 bits per heavy atom. The van der Waals surface area contributed by atoms with Crippen molar-refractivity contribution in [3.63, 3.8) is 0 Å². The molecular weight excluding hydrogens is 378 g/mol. The molecule has 2 aromatic rings. The Kier molecular flexibility index (Phi) is 6.13. The molecular formula is C21H26ClN3OS. The van der Waals surface area contributed by atoms with Crippen LogP contribution < -0.4 is 5.32 Å². The fraction of sp³-hybridized carbons (Fsp3) is 0.476. The molecule has 1 saturated heterocycles. The number of hydrogen-bond acceptors (Lipinski definition) is 4. The maximum atomic E-state index is 12.6. The van der Waals surface area contributed by atoms with E-state index in [0.717, 1.165) is 56.3 Å². The standard InChI is InChI=1S/C21H26ClN3OS/c22-20-9-8-17(27-20)14-24-10-12-25(13-11-24)15-21(26)23-19-7-3-5-16-4-1-2-6-18(16)19/h1-2,4,6,8-9,19H,3,5,7,10-15H2,(H,23,26)/t19-/m1/s1. The summed E-state index contributed by atoms with van der Waals surface area (Å²) in [7, 11) is 0. The molecule has 1 N–H and O–H groups in total. The quantitative estimate of drug-likeness (QED) is 0.826. The number of nitrogens with one attached hydrogen (secondary N) is 1. The average Bonchev–Trinajstić information content (AvgIpc) is 3.08. The number of aryl methyl sites for hydroxylation is 1. The summed E-state index contributed by atoms with van der Waals surface area (Å²) in [5.41, 5.74) is 2.69. The second kappa shape index (κ2) is 8.74. The van der Waals surface area contributed by atoms with Gasteiger partial charge in [0, 0.05) is 37.6 Å². The van der Waals surface area contributed by atoms with Crippen LogP contribution in [0.25, 0.3) is 0 Å². The number of rotatable bonds is 5.